The Balaban J connectivity index is 3.45. The third-order valence-electron chi connectivity index (χ3n) is 3.02. The van der Waals surface area contributed by atoms with Gasteiger partial charge in [-0.25, -0.2) is 0 Å². The Hall–Kier alpha value is -0.0400. The molecular weight excluding hydrogens is 158 g/mol. The van der Waals surface area contributed by atoms with Crippen LogP contribution in [-0.2, 0) is 0 Å². The maximum atomic E-state index is 2.47. The van der Waals surface area contributed by atoms with Gasteiger partial charge in [0.15, 0.2) is 0 Å². The Morgan fingerprint density at radius 1 is 1.00 bits per heavy atom. The van der Waals surface area contributed by atoms with Gasteiger partial charge in [-0.1, -0.05) is 40.5 Å². The van der Waals surface area contributed by atoms with E-state index in [-0.39, 0.29) is 0 Å². The second-order valence-corrected chi connectivity index (χ2v) is 4.58. The molecule has 0 aliphatic carbocycles. The molecule has 0 bridgehead atoms. The highest BCUT2D eigenvalue weighted by molar-refractivity contribution is 4.59. The molecule has 0 fully saturated rings. The van der Waals surface area contributed by atoms with E-state index in [2.05, 4.69) is 39.6 Å². The zero-order chi connectivity index (χ0) is 10.3. The summed E-state index contributed by atoms with van der Waals surface area (Å²) in [7, 11) is 2.24. The van der Waals surface area contributed by atoms with Crippen molar-refractivity contribution in [3.63, 3.8) is 0 Å². The van der Waals surface area contributed by atoms with Gasteiger partial charge in [0.1, 0.15) is 0 Å². The fourth-order valence-corrected chi connectivity index (χ4v) is 1.40. The lowest BCUT2D eigenvalue weighted by Gasteiger charge is -2.21. The van der Waals surface area contributed by atoms with Crippen LogP contribution in [0.5, 0.6) is 0 Å². The van der Waals surface area contributed by atoms with Gasteiger partial charge in [0.25, 0.3) is 0 Å². The molecule has 1 nitrogen and oxygen atoms in total. The summed E-state index contributed by atoms with van der Waals surface area (Å²) < 4.78 is 0. The molecule has 2 atom stereocenters. The molecule has 0 amide bonds. The van der Waals surface area contributed by atoms with E-state index >= 15 is 0 Å². The SMILES string of the molecule is CCC(C)CCN(C)CC(C)CC. The monoisotopic (exact) mass is 185 g/mol. The van der Waals surface area contributed by atoms with Crippen molar-refractivity contribution in [2.45, 2.75) is 47.0 Å². The minimum absolute atomic E-state index is 0.849. The molecule has 13 heavy (non-hydrogen) atoms. The standard InChI is InChI=1S/C12H27N/c1-6-11(3)8-9-13(5)10-12(4)7-2/h11-12H,6-10H2,1-5H3. The first-order valence-electron chi connectivity index (χ1n) is 5.78. The number of hydrogen-bond donors (Lipinski definition) is 0. The van der Waals surface area contributed by atoms with Crippen molar-refractivity contribution >= 4 is 0 Å². The zero-order valence-corrected chi connectivity index (χ0v) is 10.1. The van der Waals surface area contributed by atoms with Crippen molar-refractivity contribution in [1.82, 2.24) is 4.90 Å². The molecule has 0 aromatic heterocycles. The topological polar surface area (TPSA) is 3.24 Å². The van der Waals surface area contributed by atoms with E-state index in [9.17, 15) is 0 Å². The highest BCUT2D eigenvalue weighted by Crippen LogP contribution is 2.08. The van der Waals surface area contributed by atoms with Gasteiger partial charge in [0.2, 0.25) is 0 Å². The van der Waals surface area contributed by atoms with Gasteiger partial charge >= 0.3 is 0 Å². The summed E-state index contributed by atoms with van der Waals surface area (Å²) in [5.41, 5.74) is 0. The van der Waals surface area contributed by atoms with E-state index in [1.165, 1.54) is 32.4 Å². The van der Waals surface area contributed by atoms with E-state index in [0.29, 0.717) is 0 Å². The number of nitrogens with zero attached hydrogens (tertiary/aromatic N) is 1. The summed E-state index contributed by atoms with van der Waals surface area (Å²) in [5.74, 6) is 1.74. The Morgan fingerprint density at radius 3 is 2.00 bits per heavy atom. The van der Waals surface area contributed by atoms with Crippen LogP contribution in [0.4, 0.5) is 0 Å². The molecule has 0 aliphatic rings. The first kappa shape index (κ1) is 13.0. The van der Waals surface area contributed by atoms with Gasteiger partial charge in [0.05, 0.1) is 0 Å². The van der Waals surface area contributed by atoms with Crippen LogP contribution < -0.4 is 0 Å². The van der Waals surface area contributed by atoms with Crippen molar-refractivity contribution < 1.29 is 0 Å². The quantitative estimate of drug-likeness (QED) is 0.587. The van der Waals surface area contributed by atoms with Gasteiger partial charge in [0, 0.05) is 6.54 Å². The lowest BCUT2D eigenvalue weighted by molar-refractivity contribution is 0.262. The zero-order valence-electron chi connectivity index (χ0n) is 10.1. The van der Waals surface area contributed by atoms with Crippen LogP contribution in [0.3, 0.4) is 0 Å². The van der Waals surface area contributed by atoms with Crippen molar-refractivity contribution in [3.8, 4) is 0 Å². The van der Waals surface area contributed by atoms with E-state index in [1.807, 2.05) is 0 Å². The summed E-state index contributed by atoms with van der Waals surface area (Å²) >= 11 is 0. The van der Waals surface area contributed by atoms with E-state index < -0.39 is 0 Å². The largest absolute Gasteiger partial charge is 0.306 e. The lowest BCUT2D eigenvalue weighted by atomic mass is 10.0. The number of hydrogen-bond acceptors (Lipinski definition) is 1. The molecule has 0 radical (unpaired) electrons. The minimum Gasteiger partial charge on any atom is -0.306 e. The highest BCUT2D eigenvalue weighted by atomic mass is 15.1. The summed E-state index contributed by atoms with van der Waals surface area (Å²) in [5, 5.41) is 0. The van der Waals surface area contributed by atoms with Crippen molar-refractivity contribution in [3.05, 3.63) is 0 Å². The maximum absolute atomic E-state index is 2.47. The predicted molar refractivity (Wildman–Crippen MR) is 61.0 cm³/mol. The first-order chi connectivity index (χ1) is 6.10. The molecule has 0 saturated heterocycles. The van der Waals surface area contributed by atoms with Crippen LogP contribution in [0.15, 0.2) is 0 Å². The fourth-order valence-electron chi connectivity index (χ4n) is 1.40. The van der Waals surface area contributed by atoms with Crippen LogP contribution in [0, 0.1) is 11.8 Å². The third-order valence-corrected chi connectivity index (χ3v) is 3.02. The molecule has 0 N–H and O–H groups in total. The molecule has 0 rings (SSSR count). The first-order valence-corrected chi connectivity index (χ1v) is 5.78. The molecule has 0 heterocycles. The molecule has 1 heteroatoms. The molecule has 80 valence electrons. The predicted octanol–water partition coefficient (Wildman–Crippen LogP) is 3.40. The van der Waals surface area contributed by atoms with Crippen LogP contribution in [0.1, 0.15) is 47.0 Å². The average Bonchev–Trinajstić information content (AvgIpc) is 2.13. The van der Waals surface area contributed by atoms with Crippen molar-refractivity contribution in [2.24, 2.45) is 11.8 Å². The van der Waals surface area contributed by atoms with Crippen LogP contribution in [-0.4, -0.2) is 25.0 Å². The molecule has 0 aromatic rings. The van der Waals surface area contributed by atoms with E-state index in [0.717, 1.165) is 11.8 Å². The minimum atomic E-state index is 0.849. The molecule has 0 spiro atoms. The third kappa shape index (κ3) is 7.06. The van der Waals surface area contributed by atoms with Crippen LogP contribution >= 0.6 is 0 Å². The molecule has 0 aliphatic heterocycles. The number of rotatable bonds is 7. The summed E-state index contributed by atoms with van der Waals surface area (Å²) in [6.07, 6.45) is 3.97. The Morgan fingerprint density at radius 2 is 1.54 bits per heavy atom. The van der Waals surface area contributed by atoms with Gasteiger partial charge in [-0.15, -0.1) is 0 Å². The lowest BCUT2D eigenvalue weighted by Crippen LogP contribution is -2.26. The Kier molecular flexibility index (Phi) is 7.35. The van der Waals surface area contributed by atoms with E-state index in [1.54, 1.807) is 0 Å². The van der Waals surface area contributed by atoms with Gasteiger partial charge < -0.3 is 4.90 Å². The second kappa shape index (κ2) is 7.37. The summed E-state index contributed by atoms with van der Waals surface area (Å²) in [6, 6.07) is 0. The van der Waals surface area contributed by atoms with Gasteiger partial charge in [-0.05, 0) is 31.8 Å². The fraction of sp³-hybridized carbons (Fsp3) is 1.00. The smallest absolute Gasteiger partial charge is 0.000387 e. The van der Waals surface area contributed by atoms with Gasteiger partial charge in [-0.2, -0.15) is 0 Å². The molecule has 0 aromatic carbocycles. The highest BCUT2D eigenvalue weighted by Gasteiger charge is 2.05. The molecule has 0 saturated carbocycles. The van der Waals surface area contributed by atoms with Crippen LogP contribution in [0.25, 0.3) is 0 Å². The summed E-state index contributed by atoms with van der Waals surface area (Å²) in [4.78, 5) is 2.47. The van der Waals surface area contributed by atoms with Crippen molar-refractivity contribution in [2.75, 3.05) is 20.1 Å². The van der Waals surface area contributed by atoms with Crippen LogP contribution in [0.2, 0.25) is 0 Å². The summed E-state index contributed by atoms with van der Waals surface area (Å²) in [6.45, 7) is 11.7. The van der Waals surface area contributed by atoms with Crippen molar-refractivity contribution in [1.29, 1.82) is 0 Å². The Labute approximate surface area is 84.5 Å². The molecular formula is C12H27N. The van der Waals surface area contributed by atoms with E-state index in [4.69, 9.17) is 0 Å². The van der Waals surface area contributed by atoms with Gasteiger partial charge in [-0.3, -0.25) is 0 Å². The Bertz CT molecular complexity index is 112. The maximum Gasteiger partial charge on any atom is 0.000387 e. The second-order valence-electron chi connectivity index (χ2n) is 4.58. The molecule has 2 unspecified atom stereocenters. The normalized spacial score (nSPS) is 16.2. The average molecular weight is 185 g/mol.